The molecule has 0 saturated carbocycles. The number of anilines is 1. The van der Waals surface area contributed by atoms with Crippen LogP contribution in [0, 0.1) is 12.7 Å². The van der Waals surface area contributed by atoms with Gasteiger partial charge in [-0.1, -0.05) is 6.92 Å². The highest BCUT2D eigenvalue weighted by Gasteiger charge is 2.16. The van der Waals surface area contributed by atoms with E-state index in [0.29, 0.717) is 6.42 Å². The number of hydrogen-bond donors (Lipinski definition) is 2. The van der Waals surface area contributed by atoms with E-state index in [9.17, 15) is 13.6 Å². The Hall–Kier alpha value is -2.44. The number of benzene rings is 1. The first-order chi connectivity index (χ1) is 10.4. The number of nitrogens with two attached hydrogens (primary N) is 1. The van der Waals surface area contributed by atoms with Gasteiger partial charge < -0.3 is 11.1 Å². The fourth-order valence-electron chi connectivity index (χ4n) is 1.94. The van der Waals surface area contributed by atoms with Crippen molar-refractivity contribution in [3.8, 4) is 5.69 Å². The van der Waals surface area contributed by atoms with Gasteiger partial charge in [0.25, 0.3) is 5.91 Å². The summed E-state index contributed by atoms with van der Waals surface area (Å²) >= 11 is 0. The molecule has 5 nitrogen and oxygen atoms in total. The fraction of sp³-hybridized carbons (Fsp3) is 0.333. The molecule has 22 heavy (non-hydrogen) atoms. The number of alkyl halides is 1. The van der Waals surface area contributed by atoms with Gasteiger partial charge in [0.05, 0.1) is 11.8 Å². The molecule has 0 spiro atoms. The Morgan fingerprint density at radius 3 is 2.82 bits per heavy atom. The lowest BCUT2D eigenvalue weighted by Gasteiger charge is -2.12. The Morgan fingerprint density at radius 1 is 1.50 bits per heavy atom. The molecule has 0 aliphatic heterocycles. The highest BCUT2D eigenvalue weighted by atomic mass is 19.1. The molecular weight excluding hydrogens is 290 g/mol. The average molecular weight is 308 g/mol. The molecule has 1 amide bonds. The van der Waals surface area contributed by atoms with Crippen LogP contribution in [-0.4, -0.2) is 28.4 Å². The zero-order valence-corrected chi connectivity index (χ0v) is 12.4. The molecule has 0 bridgehead atoms. The summed E-state index contributed by atoms with van der Waals surface area (Å²) in [5, 5.41) is 6.46. The SMILES string of the molecule is CCC(F)CNC(=O)c1cc(-n2cc(C)cn2)c(F)cc1N. The van der Waals surface area contributed by atoms with Crippen LogP contribution in [-0.2, 0) is 0 Å². The highest BCUT2D eigenvalue weighted by Crippen LogP contribution is 2.21. The molecular formula is C15H18F2N4O. The minimum atomic E-state index is -1.13. The molecule has 118 valence electrons. The molecule has 0 aliphatic rings. The van der Waals surface area contributed by atoms with Crippen LogP contribution >= 0.6 is 0 Å². The molecule has 3 N–H and O–H groups in total. The Bertz CT molecular complexity index is 684. The maximum atomic E-state index is 14.0. The molecule has 1 unspecified atom stereocenters. The monoisotopic (exact) mass is 308 g/mol. The van der Waals surface area contributed by atoms with Crippen LogP contribution in [0.3, 0.4) is 0 Å². The fourth-order valence-corrected chi connectivity index (χ4v) is 1.94. The molecule has 0 aliphatic carbocycles. The lowest BCUT2D eigenvalue weighted by molar-refractivity contribution is 0.0942. The van der Waals surface area contributed by atoms with Gasteiger partial charge in [-0.2, -0.15) is 5.10 Å². The first-order valence-electron chi connectivity index (χ1n) is 6.95. The van der Waals surface area contributed by atoms with Crippen LogP contribution < -0.4 is 11.1 Å². The van der Waals surface area contributed by atoms with Crippen molar-refractivity contribution in [3.05, 3.63) is 41.5 Å². The second-order valence-electron chi connectivity index (χ2n) is 5.07. The second-order valence-corrected chi connectivity index (χ2v) is 5.07. The summed E-state index contributed by atoms with van der Waals surface area (Å²) in [7, 11) is 0. The molecule has 2 rings (SSSR count). The summed E-state index contributed by atoms with van der Waals surface area (Å²) in [5.74, 6) is -1.13. The van der Waals surface area contributed by atoms with Crippen molar-refractivity contribution >= 4 is 11.6 Å². The number of carbonyl (C=O) groups excluding carboxylic acids is 1. The molecule has 1 aromatic heterocycles. The minimum absolute atomic E-state index is 0.00506. The second kappa shape index (κ2) is 6.55. The van der Waals surface area contributed by atoms with E-state index in [1.54, 1.807) is 19.3 Å². The summed E-state index contributed by atoms with van der Waals surface area (Å²) in [5.41, 5.74) is 6.74. The van der Waals surface area contributed by atoms with Crippen LogP contribution in [0.15, 0.2) is 24.5 Å². The summed E-state index contributed by atoms with van der Waals surface area (Å²) in [6.07, 6.45) is 2.38. The Balaban J connectivity index is 2.30. The van der Waals surface area contributed by atoms with E-state index >= 15 is 0 Å². The lowest BCUT2D eigenvalue weighted by Crippen LogP contribution is -2.30. The van der Waals surface area contributed by atoms with Crippen molar-refractivity contribution in [3.63, 3.8) is 0 Å². The van der Waals surface area contributed by atoms with Gasteiger partial charge in [0.1, 0.15) is 11.9 Å². The van der Waals surface area contributed by atoms with E-state index in [2.05, 4.69) is 10.4 Å². The van der Waals surface area contributed by atoms with Crippen molar-refractivity contribution in [1.82, 2.24) is 15.1 Å². The summed E-state index contributed by atoms with van der Waals surface area (Å²) in [6.45, 7) is 3.39. The number of amides is 1. The zero-order valence-electron chi connectivity index (χ0n) is 12.4. The number of hydrogen-bond acceptors (Lipinski definition) is 3. The van der Waals surface area contributed by atoms with Crippen molar-refractivity contribution < 1.29 is 13.6 Å². The number of rotatable bonds is 5. The normalized spacial score (nSPS) is 12.2. The molecule has 0 fully saturated rings. The number of halogens is 2. The van der Waals surface area contributed by atoms with Crippen molar-refractivity contribution in [1.29, 1.82) is 0 Å². The van der Waals surface area contributed by atoms with Crippen molar-refractivity contribution in [2.45, 2.75) is 26.4 Å². The highest BCUT2D eigenvalue weighted by molar-refractivity contribution is 5.99. The number of nitrogens with one attached hydrogen (secondary N) is 1. The molecule has 1 atom stereocenters. The molecule has 1 aromatic carbocycles. The van der Waals surface area contributed by atoms with E-state index in [0.717, 1.165) is 11.6 Å². The van der Waals surface area contributed by atoms with Crippen molar-refractivity contribution in [2.24, 2.45) is 0 Å². The molecule has 0 radical (unpaired) electrons. The smallest absolute Gasteiger partial charge is 0.253 e. The lowest BCUT2D eigenvalue weighted by atomic mass is 10.1. The maximum Gasteiger partial charge on any atom is 0.253 e. The molecule has 2 aromatic rings. The number of nitrogen functional groups attached to an aromatic ring is 1. The Labute approximate surface area is 127 Å². The summed E-state index contributed by atoms with van der Waals surface area (Å²) in [6, 6.07) is 2.37. The maximum absolute atomic E-state index is 14.0. The standard InChI is InChI=1S/C15H18F2N4O/c1-3-10(16)7-19-15(22)11-4-14(12(17)5-13(11)18)21-8-9(2)6-20-21/h4-6,8,10H,3,7,18H2,1-2H3,(H,19,22). The van der Waals surface area contributed by atoms with Gasteiger partial charge in [0, 0.05) is 18.4 Å². The predicted molar refractivity (Wildman–Crippen MR) is 80.2 cm³/mol. The van der Waals surface area contributed by atoms with Crippen LogP contribution in [0.25, 0.3) is 5.69 Å². The molecule has 1 heterocycles. The van der Waals surface area contributed by atoms with Crippen molar-refractivity contribution in [2.75, 3.05) is 12.3 Å². The minimum Gasteiger partial charge on any atom is -0.398 e. The Morgan fingerprint density at radius 2 is 2.23 bits per heavy atom. The quantitative estimate of drug-likeness (QED) is 0.833. The van der Waals surface area contributed by atoms with Crippen LogP contribution in [0.5, 0.6) is 0 Å². The summed E-state index contributed by atoms with van der Waals surface area (Å²) in [4.78, 5) is 12.1. The van der Waals surface area contributed by atoms with Gasteiger partial charge in [-0.05, 0) is 31.0 Å². The van der Waals surface area contributed by atoms with E-state index in [4.69, 9.17) is 5.73 Å². The van der Waals surface area contributed by atoms with E-state index in [-0.39, 0.29) is 23.5 Å². The third-order valence-electron chi connectivity index (χ3n) is 3.25. The molecule has 7 heteroatoms. The van der Waals surface area contributed by atoms with Gasteiger partial charge in [-0.25, -0.2) is 13.5 Å². The number of aryl methyl sites for hydroxylation is 1. The largest absolute Gasteiger partial charge is 0.398 e. The van der Waals surface area contributed by atoms with E-state index in [1.807, 2.05) is 6.92 Å². The van der Waals surface area contributed by atoms with Gasteiger partial charge in [0.2, 0.25) is 0 Å². The zero-order chi connectivity index (χ0) is 16.3. The predicted octanol–water partition coefficient (Wildman–Crippen LogP) is 2.38. The topological polar surface area (TPSA) is 72.9 Å². The Kier molecular flexibility index (Phi) is 4.75. The number of carbonyl (C=O) groups is 1. The van der Waals surface area contributed by atoms with Crippen LogP contribution in [0.1, 0.15) is 29.3 Å². The molecule has 0 saturated heterocycles. The third-order valence-corrected chi connectivity index (χ3v) is 3.25. The van der Waals surface area contributed by atoms with Gasteiger partial charge in [-0.15, -0.1) is 0 Å². The number of aromatic nitrogens is 2. The van der Waals surface area contributed by atoms with E-state index in [1.165, 1.54) is 10.7 Å². The van der Waals surface area contributed by atoms with Crippen LogP contribution in [0.4, 0.5) is 14.5 Å². The average Bonchev–Trinajstić information content (AvgIpc) is 2.90. The first kappa shape index (κ1) is 15.9. The van der Waals surface area contributed by atoms with Gasteiger partial charge in [-0.3, -0.25) is 4.79 Å². The van der Waals surface area contributed by atoms with Gasteiger partial charge >= 0.3 is 0 Å². The van der Waals surface area contributed by atoms with Crippen LogP contribution in [0.2, 0.25) is 0 Å². The third kappa shape index (κ3) is 3.41. The van der Waals surface area contributed by atoms with E-state index < -0.39 is 17.9 Å². The first-order valence-corrected chi connectivity index (χ1v) is 6.95. The summed E-state index contributed by atoms with van der Waals surface area (Å²) < 4.78 is 28.5. The van der Waals surface area contributed by atoms with Gasteiger partial charge in [0.15, 0.2) is 5.82 Å². The number of nitrogens with zero attached hydrogens (tertiary/aromatic N) is 2.